The van der Waals surface area contributed by atoms with Gasteiger partial charge in [0.1, 0.15) is 0 Å². The van der Waals surface area contributed by atoms with Gasteiger partial charge in [0.25, 0.3) is 5.91 Å². The molecule has 0 saturated carbocycles. The summed E-state index contributed by atoms with van der Waals surface area (Å²) in [5.74, 6) is 0.456. The van der Waals surface area contributed by atoms with Crippen LogP contribution in [-0.2, 0) is 6.54 Å². The van der Waals surface area contributed by atoms with E-state index in [1.165, 1.54) is 11.3 Å². The standard InChI is InChI=1S/C15H21N3OS/c1-6-18-12(9-11(16-18)10(2)3)13-7-8-14(20-13)15(19)17(4)5/h7-10H,6H2,1-5H3. The maximum absolute atomic E-state index is 12.0. The number of rotatable bonds is 4. The summed E-state index contributed by atoms with van der Waals surface area (Å²) >= 11 is 1.52. The third-order valence-corrected chi connectivity index (χ3v) is 4.26. The second kappa shape index (κ2) is 5.79. The van der Waals surface area contributed by atoms with Crippen molar-refractivity contribution in [3.63, 3.8) is 0 Å². The van der Waals surface area contributed by atoms with E-state index in [2.05, 4.69) is 31.9 Å². The van der Waals surface area contributed by atoms with Gasteiger partial charge >= 0.3 is 0 Å². The van der Waals surface area contributed by atoms with Crippen LogP contribution in [-0.4, -0.2) is 34.7 Å². The van der Waals surface area contributed by atoms with Crippen molar-refractivity contribution in [3.8, 4) is 10.6 Å². The average Bonchev–Trinajstić information content (AvgIpc) is 3.03. The van der Waals surface area contributed by atoms with Crippen molar-refractivity contribution in [1.82, 2.24) is 14.7 Å². The molecule has 1 amide bonds. The molecule has 0 atom stereocenters. The van der Waals surface area contributed by atoms with E-state index in [0.717, 1.165) is 27.7 Å². The number of carbonyl (C=O) groups excluding carboxylic acids is 1. The lowest BCUT2D eigenvalue weighted by atomic mass is 10.1. The number of carbonyl (C=O) groups is 1. The van der Waals surface area contributed by atoms with Gasteiger partial charge in [-0.05, 0) is 31.0 Å². The van der Waals surface area contributed by atoms with Crippen LogP contribution in [0.1, 0.15) is 42.1 Å². The molecule has 0 N–H and O–H groups in total. The van der Waals surface area contributed by atoms with Gasteiger partial charge in [0, 0.05) is 20.6 Å². The Morgan fingerprint density at radius 1 is 1.40 bits per heavy atom. The van der Waals surface area contributed by atoms with Crippen LogP contribution in [0.4, 0.5) is 0 Å². The molecule has 0 radical (unpaired) electrons. The SMILES string of the molecule is CCn1nc(C(C)C)cc1-c1ccc(C(=O)N(C)C)s1. The molecule has 0 aliphatic heterocycles. The Morgan fingerprint density at radius 3 is 2.65 bits per heavy atom. The zero-order valence-electron chi connectivity index (χ0n) is 12.7. The van der Waals surface area contributed by atoms with Gasteiger partial charge in [-0.2, -0.15) is 5.10 Å². The molecule has 0 aliphatic carbocycles. The smallest absolute Gasteiger partial charge is 0.263 e. The van der Waals surface area contributed by atoms with Crippen molar-refractivity contribution < 1.29 is 4.79 Å². The van der Waals surface area contributed by atoms with Crippen LogP contribution < -0.4 is 0 Å². The predicted molar refractivity (Wildman–Crippen MR) is 83.3 cm³/mol. The fourth-order valence-electron chi connectivity index (χ4n) is 1.97. The Balaban J connectivity index is 2.39. The molecule has 108 valence electrons. The minimum Gasteiger partial charge on any atom is -0.344 e. The first-order chi connectivity index (χ1) is 9.43. The zero-order valence-corrected chi connectivity index (χ0v) is 13.5. The Labute approximate surface area is 124 Å². The lowest BCUT2D eigenvalue weighted by Crippen LogP contribution is -2.20. The molecule has 0 spiro atoms. The van der Waals surface area contributed by atoms with Crippen LogP contribution in [0.2, 0.25) is 0 Å². The first-order valence-corrected chi connectivity index (χ1v) is 7.65. The summed E-state index contributed by atoms with van der Waals surface area (Å²) in [6.45, 7) is 7.19. The van der Waals surface area contributed by atoms with Crippen LogP contribution in [0.3, 0.4) is 0 Å². The van der Waals surface area contributed by atoms with Crippen molar-refractivity contribution in [2.45, 2.75) is 33.2 Å². The molecule has 4 nitrogen and oxygen atoms in total. The van der Waals surface area contributed by atoms with Crippen molar-refractivity contribution in [2.75, 3.05) is 14.1 Å². The van der Waals surface area contributed by atoms with Gasteiger partial charge in [0.15, 0.2) is 0 Å². The molecule has 0 aromatic carbocycles. The second-order valence-electron chi connectivity index (χ2n) is 5.29. The number of hydrogen-bond acceptors (Lipinski definition) is 3. The van der Waals surface area contributed by atoms with Crippen molar-refractivity contribution in [1.29, 1.82) is 0 Å². The van der Waals surface area contributed by atoms with E-state index in [1.807, 2.05) is 16.8 Å². The molecule has 0 saturated heterocycles. The van der Waals surface area contributed by atoms with Crippen molar-refractivity contribution in [2.24, 2.45) is 0 Å². The Morgan fingerprint density at radius 2 is 2.10 bits per heavy atom. The third-order valence-electron chi connectivity index (χ3n) is 3.17. The summed E-state index contributed by atoms with van der Waals surface area (Å²) in [4.78, 5) is 15.4. The van der Waals surface area contributed by atoms with Gasteiger partial charge in [-0.1, -0.05) is 13.8 Å². The monoisotopic (exact) mass is 291 g/mol. The Bertz CT molecular complexity index is 610. The predicted octanol–water partition coefficient (Wildman–Crippen LogP) is 3.46. The highest BCUT2D eigenvalue weighted by atomic mass is 32.1. The minimum atomic E-state index is 0.0490. The molecule has 2 heterocycles. The molecule has 0 unspecified atom stereocenters. The number of thiophene rings is 1. The molecule has 2 aromatic rings. The summed E-state index contributed by atoms with van der Waals surface area (Å²) in [6.07, 6.45) is 0. The second-order valence-corrected chi connectivity index (χ2v) is 6.37. The first-order valence-electron chi connectivity index (χ1n) is 6.83. The van der Waals surface area contributed by atoms with Crippen LogP contribution in [0.25, 0.3) is 10.6 Å². The third kappa shape index (κ3) is 2.77. The molecular weight excluding hydrogens is 270 g/mol. The normalized spacial score (nSPS) is 11.1. The zero-order chi connectivity index (χ0) is 14.9. The molecule has 0 bridgehead atoms. The lowest BCUT2D eigenvalue weighted by Gasteiger charge is -2.07. The van der Waals surface area contributed by atoms with Crippen molar-refractivity contribution in [3.05, 3.63) is 28.8 Å². The van der Waals surface area contributed by atoms with Crippen LogP contribution in [0, 0.1) is 0 Å². The van der Waals surface area contributed by atoms with E-state index in [4.69, 9.17) is 0 Å². The van der Waals surface area contributed by atoms with E-state index < -0.39 is 0 Å². The molecule has 2 rings (SSSR count). The van der Waals surface area contributed by atoms with Crippen LogP contribution in [0.5, 0.6) is 0 Å². The highest BCUT2D eigenvalue weighted by Crippen LogP contribution is 2.30. The summed E-state index contributed by atoms with van der Waals surface area (Å²) in [6, 6.07) is 6.03. The lowest BCUT2D eigenvalue weighted by molar-refractivity contribution is 0.0832. The Kier molecular flexibility index (Phi) is 4.28. The maximum Gasteiger partial charge on any atom is 0.263 e. The van der Waals surface area contributed by atoms with Crippen LogP contribution in [0.15, 0.2) is 18.2 Å². The highest BCUT2D eigenvalue weighted by Gasteiger charge is 2.16. The quantitative estimate of drug-likeness (QED) is 0.865. The number of hydrogen-bond donors (Lipinski definition) is 0. The van der Waals surface area contributed by atoms with E-state index in [9.17, 15) is 4.79 Å². The van der Waals surface area contributed by atoms with Crippen LogP contribution >= 0.6 is 11.3 Å². The van der Waals surface area contributed by atoms with Gasteiger partial charge in [0.2, 0.25) is 0 Å². The molecular formula is C15H21N3OS. The Hall–Kier alpha value is -1.62. The molecule has 5 heteroatoms. The fraction of sp³-hybridized carbons (Fsp3) is 0.467. The van der Waals surface area contributed by atoms with Gasteiger partial charge in [-0.15, -0.1) is 11.3 Å². The van der Waals surface area contributed by atoms with E-state index in [-0.39, 0.29) is 5.91 Å². The molecule has 20 heavy (non-hydrogen) atoms. The first kappa shape index (κ1) is 14.8. The molecule has 0 aliphatic rings. The van der Waals surface area contributed by atoms with Gasteiger partial charge < -0.3 is 4.90 Å². The molecule has 2 aromatic heterocycles. The fourth-order valence-corrected chi connectivity index (χ4v) is 3.02. The van der Waals surface area contributed by atoms with Crippen molar-refractivity contribution >= 4 is 17.2 Å². The maximum atomic E-state index is 12.0. The highest BCUT2D eigenvalue weighted by molar-refractivity contribution is 7.17. The number of amides is 1. The van der Waals surface area contributed by atoms with E-state index >= 15 is 0 Å². The summed E-state index contributed by atoms with van der Waals surface area (Å²) in [5.41, 5.74) is 2.19. The van der Waals surface area contributed by atoms with E-state index in [0.29, 0.717) is 5.92 Å². The largest absolute Gasteiger partial charge is 0.344 e. The summed E-state index contributed by atoms with van der Waals surface area (Å²) in [7, 11) is 3.55. The topological polar surface area (TPSA) is 38.1 Å². The minimum absolute atomic E-state index is 0.0490. The van der Waals surface area contributed by atoms with E-state index in [1.54, 1.807) is 19.0 Å². The summed E-state index contributed by atoms with van der Waals surface area (Å²) < 4.78 is 2.01. The number of aryl methyl sites for hydroxylation is 1. The number of nitrogens with zero attached hydrogens (tertiary/aromatic N) is 3. The van der Waals surface area contributed by atoms with Gasteiger partial charge in [0.05, 0.1) is 21.1 Å². The average molecular weight is 291 g/mol. The summed E-state index contributed by atoms with van der Waals surface area (Å²) in [5, 5.41) is 4.62. The number of aromatic nitrogens is 2. The van der Waals surface area contributed by atoms with Gasteiger partial charge in [-0.25, -0.2) is 0 Å². The van der Waals surface area contributed by atoms with Gasteiger partial charge in [-0.3, -0.25) is 9.48 Å². The molecule has 0 fully saturated rings.